The molecule has 0 radical (unpaired) electrons. The van der Waals surface area contributed by atoms with Gasteiger partial charge in [0.1, 0.15) is 11.3 Å². The van der Waals surface area contributed by atoms with E-state index in [1.165, 1.54) is 0 Å². The first kappa shape index (κ1) is 14.3. The number of aromatic nitrogens is 4. The molecule has 2 rings (SSSR count). The molecule has 0 amide bonds. The van der Waals surface area contributed by atoms with Gasteiger partial charge in [-0.3, -0.25) is 4.68 Å². The van der Waals surface area contributed by atoms with E-state index >= 15 is 0 Å². The van der Waals surface area contributed by atoms with Crippen LogP contribution in [0.25, 0.3) is 11.2 Å². The van der Waals surface area contributed by atoms with Gasteiger partial charge in [0.15, 0.2) is 5.65 Å². The fourth-order valence-corrected chi connectivity index (χ4v) is 2.71. The molecule has 0 aromatic carbocycles. The summed E-state index contributed by atoms with van der Waals surface area (Å²) < 4.78 is 9.41. The summed E-state index contributed by atoms with van der Waals surface area (Å²) in [7, 11) is 3.66. The van der Waals surface area contributed by atoms with Gasteiger partial charge in [0.05, 0.1) is 24.2 Å². The highest BCUT2D eigenvalue weighted by Crippen LogP contribution is 2.28. The first-order valence-electron chi connectivity index (χ1n) is 6.46. The smallest absolute Gasteiger partial charge is 0.159 e. The fraction of sp³-hybridized carbons (Fsp3) is 0.692. The Kier molecular flexibility index (Phi) is 4.16. The highest BCUT2D eigenvalue weighted by Gasteiger charge is 2.24. The molecule has 0 saturated carbocycles. The number of hydrogen-bond donors (Lipinski definition) is 0. The van der Waals surface area contributed by atoms with Crippen molar-refractivity contribution in [3.05, 3.63) is 11.5 Å². The maximum absolute atomic E-state index is 6.06. The Labute approximate surface area is 118 Å². The van der Waals surface area contributed by atoms with E-state index in [1.54, 1.807) is 7.11 Å². The van der Waals surface area contributed by atoms with Gasteiger partial charge in [0.2, 0.25) is 0 Å². The zero-order chi connectivity index (χ0) is 14.2. The molecule has 19 heavy (non-hydrogen) atoms. The molecule has 0 fully saturated rings. The van der Waals surface area contributed by atoms with Crippen molar-refractivity contribution < 1.29 is 4.74 Å². The second-order valence-electron chi connectivity index (χ2n) is 5.18. The summed E-state index contributed by atoms with van der Waals surface area (Å²) in [6, 6.07) is 0.207. The number of halogens is 1. The predicted molar refractivity (Wildman–Crippen MR) is 76.5 cm³/mol. The van der Waals surface area contributed by atoms with Crippen LogP contribution in [-0.2, 0) is 17.7 Å². The first-order chi connectivity index (χ1) is 9.01. The monoisotopic (exact) mass is 284 g/mol. The van der Waals surface area contributed by atoms with Crippen LogP contribution in [0, 0.1) is 12.8 Å². The molecule has 0 spiro atoms. The number of nitrogens with zero attached hydrogens (tertiary/aromatic N) is 4. The Morgan fingerprint density at radius 1 is 1.37 bits per heavy atom. The summed E-state index contributed by atoms with van der Waals surface area (Å²) in [4.78, 5) is 4.63. The lowest BCUT2D eigenvalue weighted by Gasteiger charge is -2.24. The summed E-state index contributed by atoms with van der Waals surface area (Å²) in [5.74, 6) is 1.69. The molecular weight excluding hydrogens is 264 g/mol. The summed E-state index contributed by atoms with van der Waals surface area (Å²) in [6.07, 6.45) is 0. The summed E-state index contributed by atoms with van der Waals surface area (Å²) in [6.45, 7) is 6.96. The standard InChI is InChI=1S/C13H21ClN4O/c1-8(2)10(7-19-5)18-11(6-14)15-12-9(3)16-17(4)13(12)18/h8,10H,6-7H2,1-5H3. The number of imidazole rings is 1. The number of fused-ring (bicyclic) bond motifs is 1. The highest BCUT2D eigenvalue weighted by atomic mass is 35.5. The highest BCUT2D eigenvalue weighted by molar-refractivity contribution is 6.16. The van der Waals surface area contributed by atoms with Crippen molar-refractivity contribution in [2.75, 3.05) is 13.7 Å². The zero-order valence-electron chi connectivity index (χ0n) is 12.1. The minimum atomic E-state index is 0.207. The molecule has 2 aromatic heterocycles. The Balaban J connectivity index is 2.67. The number of rotatable bonds is 5. The number of ether oxygens (including phenoxy) is 1. The largest absolute Gasteiger partial charge is 0.383 e. The van der Waals surface area contributed by atoms with E-state index in [0.29, 0.717) is 18.4 Å². The van der Waals surface area contributed by atoms with E-state index in [4.69, 9.17) is 16.3 Å². The lowest BCUT2D eigenvalue weighted by molar-refractivity contribution is 0.133. The maximum Gasteiger partial charge on any atom is 0.159 e. The van der Waals surface area contributed by atoms with E-state index in [1.807, 2.05) is 18.7 Å². The molecule has 0 bridgehead atoms. The fourth-order valence-electron chi connectivity index (χ4n) is 2.52. The van der Waals surface area contributed by atoms with Crippen molar-refractivity contribution >= 4 is 22.8 Å². The third kappa shape index (κ3) is 2.37. The SMILES string of the molecule is COCC(C(C)C)n1c(CCl)nc2c(C)nn(C)c21. The lowest BCUT2D eigenvalue weighted by Crippen LogP contribution is -2.23. The minimum Gasteiger partial charge on any atom is -0.383 e. The van der Waals surface area contributed by atoms with Gasteiger partial charge >= 0.3 is 0 Å². The van der Waals surface area contributed by atoms with E-state index in [2.05, 4.69) is 28.5 Å². The third-order valence-corrected chi connectivity index (χ3v) is 3.71. The summed E-state index contributed by atoms with van der Waals surface area (Å²) in [5.41, 5.74) is 2.88. The van der Waals surface area contributed by atoms with Crippen LogP contribution in [0.1, 0.15) is 31.4 Å². The summed E-state index contributed by atoms with van der Waals surface area (Å²) >= 11 is 6.06. The quantitative estimate of drug-likeness (QED) is 0.793. The predicted octanol–water partition coefficient (Wildman–Crippen LogP) is 2.66. The number of alkyl halides is 1. The Morgan fingerprint density at radius 3 is 2.58 bits per heavy atom. The Bertz CT molecular complexity index is 573. The van der Waals surface area contributed by atoms with Gasteiger partial charge in [0.25, 0.3) is 0 Å². The second kappa shape index (κ2) is 5.51. The lowest BCUT2D eigenvalue weighted by atomic mass is 10.1. The van der Waals surface area contributed by atoms with Crippen LogP contribution < -0.4 is 0 Å². The molecule has 1 atom stereocenters. The van der Waals surface area contributed by atoms with E-state index in [-0.39, 0.29) is 6.04 Å². The molecule has 0 saturated heterocycles. The molecule has 6 heteroatoms. The van der Waals surface area contributed by atoms with Gasteiger partial charge in [-0.05, 0) is 12.8 Å². The topological polar surface area (TPSA) is 44.9 Å². The molecule has 2 aromatic rings. The minimum absolute atomic E-state index is 0.207. The molecule has 0 aliphatic rings. The Hall–Kier alpha value is -1.07. The Morgan fingerprint density at radius 2 is 2.05 bits per heavy atom. The van der Waals surface area contributed by atoms with Crippen LogP contribution >= 0.6 is 11.6 Å². The van der Waals surface area contributed by atoms with Gasteiger partial charge in [-0.1, -0.05) is 13.8 Å². The van der Waals surface area contributed by atoms with Gasteiger partial charge in [-0.2, -0.15) is 5.10 Å². The number of methoxy groups -OCH3 is 1. The van der Waals surface area contributed by atoms with E-state index in [0.717, 1.165) is 22.7 Å². The third-order valence-electron chi connectivity index (χ3n) is 3.47. The first-order valence-corrected chi connectivity index (χ1v) is 7.00. The normalized spacial score (nSPS) is 13.6. The van der Waals surface area contributed by atoms with Crippen molar-refractivity contribution in [3.8, 4) is 0 Å². The van der Waals surface area contributed by atoms with Crippen molar-refractivity contribution in [3.63, 3.8) is 0 Å². The van der Waals surface area contributed by atoms with Crippen LogP contribution in [-0.4, -0.2) is 33.0 Å². The molecule has 0 N–H and O–H groups in total. The van der Waals surface area contributed by atoms with Gasteiger partial charge in [0, 0.05) is 14.2 Å². The van der Waals surface area contributed by atoms with Crippen molar-refractivity contribution in [1.29, 1.82) is 0 Å². The number of hydrogen-bond acceptors (Lipinski definition) is 3. The molecule has 1 unspecified atom stereocenters. The van der Waals surface area contributed by atoms with E-state index < -0.39 is 0 Å². The van der Waals surface area contributed by atoms with Gasteiger partial charge < -0.3 is 9.30 Å². The molecule has 106 valence electrons. The molecule has 0 aliphatic heterocycles. The van der Waals surface area contributed by atoms with Gasteiger partial charge in [-0.25, -0.2) is 4.98 Å². The van der Waals surface area contributed by atoms with Crippen LogP contribution in [0.3, 0.4) is 0 Å². The average Bonchev–Trinajstić information content (AvgIpc) is 2.85. The summed E-state index contributed by atoms with van der Waals surface area (Å²) in [5, 5.41) is 4.44. The van der Waals surface area contributed by atoms with Crippen LogP contribution in [0.5, 0.6) is 0 Å². The van der Waals surface area contributed by atoms with Crippen molar-refractivity contribution in [1.82, 2.24) is 19.3 Å². The van der Waals surface area contributed by atoms with Crippen molar-refractivity contribution in [2.45, 2.75) is 32.7 Å². The van der Waals surface area contributed by atoms with Crippen LogP contribution in [0.15, 0.2) is 0 Å². The number of aryl methyl sites for hydroxylation is 2. The molecular formula is C13H21ClN4O. The zero-order valence-corrected chi connectivity index (χ0v) is 12.9. The van der Waals surface area contributed by atoms with Gasteiger partial charge in [-0.15, -0.1) is 11.6 Å². The molecule has 2 heterocycles. The van der Waals surface area contributed by atoms with Crippen LogP contribution in [0.4, 0.5) is 0 Å². The maximum atomic E-state index is 6.06. The van der Waals surface area contributed by atoms with Crippen molar-refractivity contribution in [2.24, 2.45) is 13.0 Å². The van der Waals surface area contributed by atoms with Crippen LogP contribution in [0.2, 0.25) is 0 Å². The molecule has 0 aliphatic carbocycles. The second-order valence-corrected chi connectivity index (χ2v) is 5.45. The molecule has 5 nitrogen and oxygen atoms in total. The van der Waals surface area contributed by atoms with E-state index in [9.17, 15) is 0 Å². The average molecular weight is 285 g/mol.